The second-order valence-electron chi connectivity index (χ2n) is 6.89. The summed E-state index contributed by atoms with van der Waals surface area (Å²) in [4.78, 5) is 3.75. The lowest BCUT2D eigenvalue weighted by Crippen LogP contribution is -2.16. The summed E-state index contributed by atoms with van der Waals surface area (Å²) < 4.78 is 0. The molecule has 1 aliphatic rings. The molecule has 1 aromatic carbocycles. The first-order chi connectivity index (χ1) is 10.3. The number of aryl methyl sites for hydroxylation is 1. The van der Waals surface area contributed by atoms with E-state index in [2.05, 4.69) is 43.1 Å². The minimum Gasteiger partial charge on any atom is -0.358 e. The minimum absolute atomic E-state index is 0.753. The topological polar surface area (TPSA) is 15.8 Å². The smallest absolute Gasteiger partial charge is 0.0459 e. The molecular weight excluding hydrogens is 254 g/mol. The molecule has 1 heteroatoms. The first kappa shape index (κ1) is 14.7. The summed E-state index contributed by atoms with van der Waals surface area (Å²) in [5.74, 6) is 1.57. The van der Waals surface area contributed by atoms with Crippen molar-refractivity contribution >= 4 is 10.9 Å². The zero-order chi connectivity index (χ0) is 14.7. The second-order valence-corrected chi connectivity index (χ2v) is 6.89. The molecule has 1 heterocycles. The van der Waals surface area contributed by atoms with Gasteiger partial charge < -0.3 is 4.98 Å². The van der Waals surface area contributed by atoms with Crippen LogP contribution in [0.15, 0.2) is 24.3 Å². The van der Waals surface area contributed by atoms with Crippen molar-refractivity contribution in [1.29, 1.82) is 0 Å². The van der Waals surface area contributed by atoms with Crippen molar-refractivity contribution in [3.05, 3.63) is 35.5 Å². The average molecular weight is 283 g/mol. The standard InChI is InChI=1S/C20H29N/c1-3-4-5-6-10-15(2)16-12-9-13-18-17-11-7-8-14-19(17)21-20(16)18/h7-8,11,14-16,21H,3-6,9-10,12-13H2,1-2H3. The van der Waals surface area contributed by atoms with Gasteiger partial charge in [0.25, 0.3) is 0 Å². The van der Waals surface area contributed by atoms with Crippen molar-refractivity contribution in [3.63, 3.8) is 0 Å². The molecule has 2 aromatic rings. The lowest BCUT2D eigenvalue weighted by atomic mass is 9.77. The van der Waals surface area contributed by atoms with Crippen molar-refractivity contribution < 1.29 is 0 Å². The van der Waals surface area contributed by atoms with E-state index in [0.29, 0.717) is 0 Å². The van der Waals surface area contributed by atoms with Crippen LogP contribution >= 0.6 is 0 Å². The van der Waals surface area contributed by atoms with Crippen LogP contribution in [0.25, 0.3) is 10.9 Å². The molecule has 1 aromatic heterocycles. The van der Waals surface area contributed by atoms with Crippen LogP contribution in [0.3, 0.4) is 0 Å². The highest BCUT2D eigenvalue weighted by Crippen LogP contribution is 2.41. The molecule has 1 aliphatic carbocycles. The monoisotopic (exact) mass is 283 g/mol. The molecule has 0 aliphatic heterocycles. The van der Waals surface area contributed by atoms with Crippen molar-refractivity contribution in [1.82, 2.24) is 4.98 Å². The molecule has 2 unspecified atom stereocenters. The summed E-state index contributed by atoms with van der Waals surface area (Å²) in [5.41, 5.74) is 4.51. The van der Waals surface area contributed by atoms with Gasteiger partial charge in [0, 0.05) is 22.5 Å². The van der Waals surface area contributed by atoms with E-state index in [9.17, 15) is 0 Å². The fourth-order valence-electron chi connectivity index (χ4n) is 4.11. The Kier molecular flexibility index (Phi) is 4.67. The Balaban J connectivity index is 1.77. The first-order valence-corrected chi connectivity index (χ1v) is 8.90. The molecule has 0 radical (unpaired) electrons. The SMILES string of the molecule is CCCCCCC(C)C1CCCc2c1[nH]c1ccccc21. The summed E-state index contributed by atoms with van der Waals surface area (Å²) in [6.45, 7) is 4.76. The quantitative estimate of drug-likeness (QED) is 0.608. The highest BCUT2D eigenvalue weighted by molar-refractivity contribution is 5.85. The van der Waals surface area contributed by atoms with E-state index in [1.54, 1.807) is 11.3 Å². The molecule has 0 bridgehead atoms. The average Bonchev–Trinajstić information content (AvgIpc) is 2.90. The van der Waals surface area contributed by atoms with E-state index in [4.69, 9.17) is 0 Å². The van der Waals surface area contributed by atoms with E-state index < -0.39 is 0 Å². The molecule has 0 spiro atoms. The number of aromatic amines is 1. The summed E-state index contributed by atoms with van der Waals surface area (Å²) in [6, 6.07) is 8.84. The van der Waals surface area contributed by atoms with Crippen LogP contribution in [0.1, 0.15) is 76.0 Å². The normalized spacial score (nSPS) is 19.6. The molecule has 21 heavy (non-hydrogen) atoms. The highest BCUT2D eigenvalue weighted by atomic mass is 14.7. The minimum atomic E-state index is 0.753. The van der Waals surface area contributed by atoms with E-state index in [1.165, 1.54) is 62.3 Å². The number of benzene rings is 1. The number of unbranched alkanes of at least 4 members (excludes halogenated alkanes) is 3. The van der Waals surface area contributed by atoms with Gasteiger partial charge in [0.1, 0.15) is 0 Å². The Bertz CT molecular complexity index is 581. The molecular formula is C20H29N. The van der Waals surface area contributed by atoms with Gasteiger partial charge in [0.15, 0.2) is 0 Å². The fraction of sp³-hybridized carbons (Fsp3) is 0.600. The maximum Gasteiger partial charge on any atom is 0.0459 e. The summed E-state index contributed by atoms with van der Waals surface area (Å²) >= 11 is 0. The molecule has 0 saturated carbocycles. The lowest BCUT2D eigenvalue weighted by molar-refractivity contribution is 0.366. The summed E-state index contributed by atoms with van der Waals surface area (Å²) in [6.07, 6.45) is 10.9. The largest absolute Gasteiger partial charge is 0.358 e. The van der Waals surface area contributed by atoms with Crippen LogP contribution in [-0.4, -0.2) is 4.98 Å². The Morgan fingerprint density at radius 1 is 1.19 bits per heavy atom. The third-order valence-electron chi connectivity index (χ3n) is 5.36. The van der Waals surface area contributed by atoms with Gasteiger partial charge in [-0.15, -0.1) is 0 Å². The van der Waals surface area contributed by atoms with Crippen molar-refractivity contribution in [3.8, 4) is 0 Å². The number of H-pyrrole nitrogens is 1. The molecule has 0 fully saturated rings. The number of fused-ring (bicyclic) bond motifs is 3. The number of nitrogens with one attached hydrogen (secondary N) is 1. The zero-order valence-electron chi connectivity index (χ0n) is 13.6. The zero-order valence-corrected chi connectivity index (χ0v) is 13.6. The van der Waals surface area contributed by atoms with Crippen LogP contribution < -0.4 is 0 Å². The van der Waals surface area contributed by atoms with Gasteiger partial charge in [-0.25, -0.2) is 0 Å². The van der Waals surface area contributed by atoms with Crippen molar-refractivity contribution in [2.75, 3.05) is 0 Å². The molecule has 1 N–H and O–H groups in total. The second kappa shape index (κ2) is 6.68. The van der Waals surface area contributed by atoms with Crippen LogP contribution in [0.2, 0.25) is 0 Å². The molecule has 1 nitrogen and oxygen atoms in total. The van der Waals surface area contributed by atoms with Crippen LogP contribution in [0, 0.1) is 5.92 Å². The van der Waals surface area contributed by atoms with Crippen molar-refractivity contribution in [2.24, 2.45) is 5.92 Å². The van der Waals surface area contributed by atoms with Gasteiger partial charge in [-0.2, -0.15) is 0 Å². The van der Waals surface area contributed by atoms with Crippen LogP contribution in [0.4, 0.5) is 0 Å². The van der Waals surface area contributed by atoms with Crippen LogP contribution in [-0.2, 0) is 6.42 Å². The Labute approximate surface area is 129 Å². The Morgan fingerprint density at radius 2 is 2.05 bits per heavy atom. The van der Waals surface area contributed by atoms with Crippen molar-refractivity contribution in [2.45, 2.75) is 71.1 Å². The van der Waals surface area contributed by atoms with E-state index >= 15 is 0 Å². The predicted octanol–water partition coefficient (Wildman–Crippen LogP) is 6.19. The summed E-state index contributed by atoms with van der Waals surface area (Å²) in [7, 11) is 0. The highest BCUT2D eigenvalue weighted by Gasteiger charge is 2.27. The fourth-order valence-corrected chi connectivity index (χ4v) is 4.11. The van der Waals surface area contributed by atoms with Gasteiger partial charge in [-0.05, 0) is 36.8 Å². The molecule has 0 saturated heterocycles. The maximum absolute atomic E-state index is 3.75. The Morgan fingerprint density at radius 3 is 2.90 bits per heavy atom. The number of hydrogen-bond donors (Lipinski definition) is 1. The van der Waals surface area contributed by atoms with Gasteiger partial charge in [-0.1, -0.05) is 64.2 Å². The van der Waals surface area contributed by atoms with E-state index in [1.807, 2.05) is 0 Å². The van der Waals surface area contributed by atoms with Gasteiger partial charge in [0.05, 0.1) is 0 Å². The summed E-state index contributed by atoms with van der Waals surface area (Å²) in [5, 5.41) is 1.47. The number of para-hydroxylation sites is 1. The number of hydrogen-bond acceptors (Lipinski definition) is 0. The molecule has 3 rings (SSSR count). The van der Waals surface area contributed by atoms with E-state index in [-0.39, 0.29) is 0 Å². The first-order valence-electron chi connectivity index (χ1n) is 8.90. The van der Waals surface area contributed by atoms with Gasteiger partial charge in [-0.3, -0.25) is 0 Å². The third-order valence-corrected chi connectivity index (χ3v) is 5.36. The number of rotatable bonds is 6. The maximum atomic E-state index is 3.75. The lowest BCUT2D eigenvalue weighted by Gasteiger charge is -2.28. The molecule has 114 valence electrons. The molecule has 2 atom stereocenters. The van der Waals surface area contributed by atoms with Gasteiger partial charge in [0.2, 0.25) is 0 Å². The predicted molar refractivity (Wildman–Crippen MR) is 91.9 cm³/mol. The third kappa shape index (κ3) is 3.02. The van der Waals surface area contributed by atoms with Crippen LogP contribution in [0.5, 0.6) is 0 Å². The number of aromatic nitrogens is 1. The van der Waals surface area contributed by atoms with E-state index in [0.717, 1.165) is 11.8 Å². The van der Waals surface area contributed by atoms with Gasteiger partial charge >= 0.3 is 0 Å². The Hall–Kier alpha value is -1.24. The molecule has 0 amide bonds.